The van der Waals surface area contributed by atoms with Crippen molar-refractivity contribution in [3.8, 4) is 11.5 Å². The molecule has 1 aromatic heterocycles. The third-order valence-electron chi connectivity index (χ3n) is 6.01. The highest BCUT2D eigenvalue weighted by Gasteiger charge is 2.32. The number of hydrogen-bond donors (Lipinski definition) is 1. The number of aromatic nitrogens is 1. The summed E-state index contributed by atoms with van der Waals surface area (Å²) in [6.07, 6.45) is 3.48. The van der Waals surface area contributed by atoms with Gasteiger partial charge in [0.25, 0.3) is 5.91 Å². The normalized spacial score (nSPS) is 11.3. The number of anilines is 1. The first kappa shape index (κ1) is 26.7. The predicted molar refractivity (Wildman–Crippen MR) is 147 cm³/mol. The molecule has 1 N–H and O–H groups in total. The first-order valence-corrected chi connectivity index (χ1v) is 12.4. The minimum absolute atomic E-state index is 0.129. The second-order valence-electron chi connectivity index (χ2n) is 8.55. The molecule has 3 aromatic carbocycles. The third-order valence-corrected chi connectivity index (χ3v) is 6.26. The average molecular weight is 530 g/mol. The summed E-state index contributed by atoms with van der Waals surface area (Å²) in [4.78, 5) is 33.5. The quantitative estimate of drug-likeness (QED) is 0.285. The fourth-order valence-corrected chi connectivity index (χ4v) is 4.23. The summed E-state index contributed by atoms with van der Waals surface area (Å²) in [5.41, 5.74) is 2.71. The van der Waals surface area contributed by atoms with Gasteiger partial charge in [-0.3, -0.25) is 14.6 Å². The molecular formula is C30H28ClN3O4. The van der Waals surface area contributed by atoms with E-state index in [0.717, 1.165) is 11.1 Å². The molecule has 38 heavy (non-hydrogen) atoms. The molecule has 194 valence electrons. The van der Waals surface area contributed by atoms with E-state index in [4.69, 9.17) is 21.1 Å². The number of benzene rings is 3. The number of nitrogens with one attached hydrogen (secondary N) is 1. The SMILES string of the molecule is COc1ccc(NC(=O)[C@H](c2ccc(Cl)cc2)N(Cc2cccnc2)C(=O)Cc2ccccc2)c(OC)c1. The molecule has 0 aliphatic rings. The fourth-order valence-electron chi connectivity index (χ4n) is 4.10. The lowest BCUT2D eigenvalue weighted by Crippen LogP contribution is -2.41. The van der Waals surface area contributed by atoms with Crippen molar-refractivity contribution in [2.45, 2.75) is 19.0 Å². The van der Waals surface area contributed by atoms with Gasteiger partial charge in [0, 0.05) is 30.0 Å². The molecule has 0 saturated carbocycles. The molecule has 0 unspecified atom stereocenters. The zero-order chi connectivity index (χ0) is 26.9. The van der Waals surface area contributed by atoms with Crippen molar-refractivity contribution >= 4 is 29.1 Å². The molecule has 0 spiro atoms. The lowest BCUT2D eigenvalue weighted by Gasteiger charge is -2.32. The van der Waals surface area contributed by atoms with Crippen LogP contribution in [0, 0.1) is 0 Å². The Balaban J connectivity index is 1.75. The molecule has 2 amide bonds. The minimum atomic E-state index is -0.963. The fraction of sp³-hybridized carbons (Fsp3) is 0.167. The molecule has 4 aromatic rings. The summed E-state index contributed by atoms with van der Waals surface area (Å²) < 4.78 is 10.7. The lowest BCUT2D eigenvalue weighted by atomic mass is 10.0. The van der Waals surface area contributed by atoms with Gasteiger partial charge in [0.2, 0.25) is 5.91 Å². The Kier molecular flexibility index (Phi) is 8.95. The van der Waals surface area contributed by atoms with E-state index < -0.39 is 11.9 Å². The van der Waals surface area contributed by atoms with Crippen molar-refractivity contribution in [2.75, 3.05) is 19.5 Å². The van der Waals surface area contributed by atoms with Crippen LogP contribution in [0.5, 0.6) is 11.5 Å². The van der Waals surface area contributed by atoms with E-state index >= 15 is 0 Å². The number of methoxy groups -OCH3 is 2. The van der Waals surface area contributed by atoms with Crippen molar-refractivity contribution < 1.29 is 19.1 Å². The Labute approximate surface area is 227 Å². The number of ether oxygens (including phenoxy) is 2. The summed E-state index contributed by atoms with van der Waals surface area (Å²) >= 11 is 6.16. The first-order chi connectivity index (χ1) is 18.5. The van der Waals surface area contributed by atoms with Crippen molar-refractivity contribution in [2.24, 2.45) is 0 Å². The monoisotopic (exact) mass is 529 g/mol. The molecule has 1 heterocycles. The summed E-state index contributed by atoms with van der Waals surface area (Å²) in [6.45, 7) is 0.181. The Bertz CT molecular complexity index is 1370. The molecule has 0 aliphatic carbocycles. The van der Waals surface area contributed by atoms with Gasteiger partial charge in [-0.1, -0.05) is 60.1 Å². The van der Waals surface area contributed by atoms with Gasteiger partial charge in [-0.2, -0.15) is 0 Å². The maximum Gasteiger partial charge on any atom is 0.251 e. The molecule has 8 heteroatoms. The molecular weight excluding hydrogens is 502 g/mol. The molecule has 0 aliphatic heterocycles. The third kappa shape index (κ3) is 6.69. The smallest absolute Gasteiger partial charge is 0.251 e. The van der Waals surface area contributed by atoms with Crippen LogP contribution in [0.3, 0.4) is 0 Å². The first-order valence-electron chi connectivity index (χ1n) is 12.0. The highest BCUT2D eigenvalue weighted by atomic mass is 35.5. The number of nitrogens with zero attached hydrogens (tertiary/aromatic N) is 2. The minimum Gasteiger partial charge on any atom is -0.497 e. The molecule has 1 atom stereocenters. The summed E-state index contributed by atoms with van der Waals surface area (Å²) in [5, 5.41) is 3.48. The molecule has 0 saturated heterocycles. The van der Waals surface area contributed by atoms with Gasteiger partial charge in [-0.05, 0) is 47.0 Å². The molecule has 0 bridgehead atoms. The number of halogens is 1. The topological polar surface area (TPSA) is 80.8 Å². The van der Waals surface area contributed by atoms with Crippen molar-refractivity contribution in [3.05, 3.63) is 119 Å². The maximum absolute atomic E-state index is 14.0. The number of hydrogen-bond acceptors (Lipinski definition) is 5. The maximum atomic E-state index is 14.0. The molecule has 4 rings (SSSR count). The zero-order valence-electron chi connectivity index (χ0n) is 21.1. The number of carbonyl (C=O) groups is 2. The average Bonchev–Trinajstić information content (AvgIpc) is 2.95. The van der Waals surface area contributed by atoms with Crippen molar-refractivity contribution in [1.29, 1.82) is 0 Å². The van der Waals surface area contributed by atoms with Gasteiger partial charge in [-0.25, -0.2) is 0 Å². The predicted octanol–water partition coefficient (Wildman–Crippen LogP) is 5.70. The second-order valence-corrected chi connectivity index (χ2v) is 8.99. The van der Waals surface area contributed by atoms with E-state index in [2.05, 4.69) is 10.3 Å². The van der Waals surface area contributed by atoms with E-state index in [1.165, 1.54) is 7.11 Å². The standard InChI is InChI=1S/C30H28ClN3O4/c1-37-25-14-15-26(27(18-25)38-2)33-30(36)29(23-10-12-24(31)13-11-23)34(20-22-9-6-16-32-19-22)28(35)17-21-7-4-3-5-8-21/h3-16,18-19,29H,17,20H2,1-2H3,(H,33,36)/t29-/m0/s1. The Morgan fingerprint density at radius 1 is 0.921 bits per heavy atom. The van der Waals surface area contributed by atoms with Gasteiger partial charge in [0.1, 0.15) is 17.5 Å². The van der Waals surface area contributed by atoms with Crippen LogP contribution >= 0.6 is 11.6 Å². The molecule has 0 radical (unpaired) electrons. The summed E-state index contributed by atoms with van der Waals surface area (Å²) in [7, 11) is 3.07. The molecule has 7 nitrogen and oxygen atoms in total. The van der Waals surface area contributed by atoms with E-state index in [-0.39, 0.29) is 18.9 Å². The number of carbonyl (C=O) groups excluding carboxylic acids is 2. The number of pyridine rings is 1. The van der Waals surface area contributed by atoms with Crippen LogP contribution in [0.1, 0.15) is 22.7 Å². The van der Waals surface area contributed by atoms with Crippen LogP contribution in [-0.4, -0.2) is 35.9 Å². The van der Waals surface area contributed by atoms with Crippen LogP contribution in [0.4, 0.5) is 5.69 Å². The van der Waals surface area contributed by atoms with Crippen LogP contribution in [0.2, 0.25) is 5.02 Å². The van der Waals surface area contributed by atoms with Gasteiger partial charge in [-0.15, -0.1) is 0 Å². The number of rotatable bonds is 10. The van der Waals surface area contributed by atoms with Gasteiger partial charge in [0.05, 0.1) is 26.3 Å². The van der Waals surface area contributed by atoms with Crippen LogP contribution in [0.25, 0.3) is 0 Å². The van der Waals surface area contributed by atoms with Crippen LogP contribution < -0.4 is 14.8 Å². The van der Waals surface area contributed by atoms with E-state index in [0.29, 0.717) is 27.8 Å². The Morgan fingerprint density at radius 3 is 2.32 bits per heavy atom. The summed E-state index contributed by atoms with van der Waals surface area (Å²) in [6, 6.07) is 24.2. The highest BCUT2D eigenvalue weighted by Crippen LogP contribution is 2.32. The van der Waals surface area contributed by atoms with Gasteiger partial charge in [0.15, 0.2) is 0 Å². The van der Waals surface area contributed by atoms with Crippen molar-refractivity contribution in [3.63, 3.8) is 0 Å². The van der Waals surface area contributed by atoms with Crippen LogP contribution in [-0.2, 0) is 22.6 Å². The largest absolute Gasteiger partial charge is 0.497 e. The number of amides is 2. The summed E-state index contributed by atoms with van der Waals surface area (Å²) in [5.74, 6) is 0.408. The van der Waals surface area contributed by atoms with E-state index in [1.807, 2.05) is 36.4 Å². The van der Waals surface area contributed by atoms with Crippen LogP contribution in [0.15, 0.2) is 97.3 Å². The highest BCUT2D eigenvalue weighted by molar-refractivity contribution is 6.30. The zero-order valence-corrected chi connectivity index (χ0v) is 21.9. The van der Waals surface area contributed by atoms with Gasteiger partial charge < -0.3 is 19.7 Å². The van der Waals surface area contributed by atoms with E-state index in [1.54, 1.807) is 72.9 Å². The lowest BCUT2D eigenvalue weighted by molar-refractivity contribution is -0.139. The van der Waals surface area contributed by atoms with Gasteiger partial charge >= 0.3 is 0 Å². The molecule has 0 fully saturated rings. The Hall–Kier alpha value is -4.36. The van der Waals surface area contributed by atoms with E-state index in [9.17, 15) is 9.59 Å². The Morgan fingerprint density at radius 2 is 1.66 bits per heavy atom. The second kappa shape index (κ2) is 12.7. The van der Waals surface area contributed by atoms with Crippen molar-refractivity contribution in [1.82, 2.24) is 9.88 Å².